The molecule has 0 unspecified atom stereocenters. The van der Waals surface area contributed by atoms with E-state index in [0.29, 0.717) is 11.8 Å². The number of nitrogens with one attached hydrogen (secondary N) is 1. The maximum atomic E-state index is 4.86. The number of aliphatic imine (C=N–C) groups is 1. The van der Waals surface area contributed by atoms with Gasteiger partial charge in [0.1, 0.15) is 5.82 Å². The number of rotatable bonds is 5. The molecule has 2 aromatic heterocycles. The first-order valence-electron chi connectivity index (χ1n) is 12.3. The van der Waals surface area contributed by atoms with E-state index in [9.17, 15) is 0 Å². The van der Waals surface area contributed by atoms with Crippen LogP contribution in [0.3, 0.4) is 0 Å². The van der Waals surface area contributed by atoms with E-state index in [2.05, 4.69) is 106 Å². The van der Waals surface area contributed by atoms with Gasteiger partial charge in [0.15, 0.2) is 0 Å². The van der Waals surface area contributed by atoms with Crippen molar-refractivity contribution in [3.05, 3.63) is 78.4 Å². The first-order chi connectivity index (χ1) is 16.8. The highest BCUT2D eigenvalue weighted by Gasteiger charge is 2.10. The molecule has 0 amide bonds. The summed E-state index contributed by atoms with van der Waals surface area (Å²) in [4.78, 5) is 17.6. The molecule has 4 nitrogen and oxygen atoms in total. The molecule has 0 saturated carbocycles. The third-order valence-corrected chi connectivity index (χ3v) is 6.86. The lowest BCUT2D eigenvalue weighted by atomic mass is 9.99. The van der Waals surface area contributed by atoms with Crippen molar-refractivity contribution in [2.24, 2.45) is 10.9 Å². The minimum atomic E-state index is 0.377. The Morgan fingerprint density at radius 1 is 0.800 bits per heavy atom. The molecule has 3 aromatic carbocycles. The maximum absolute atomic E-state index is 4.86. The van der Waals surface area contributed by atoms with Crippen LogP contribution in [0.4, 0.5) is 5.69 Å². The van der Waals surface area contributed by atoms with E-state index in [0.717, 1.165) is 45.1 Å². The van der Waals surface area contributed by atoms with E-state index in [1.807, 2.05) is 12.4 Å². The number of fused-ring (bicyclic) bond motifs is 2. The van der Waals surface area contributed by atoms with E-state index in [-0.39, 0.29) is 0 Å². The zero-order chi connectivity index (χ0) is 24.7. The number of aryl methyl sites for hydroxylation is 1. The summed E-state index contributed by atoms with van der Waals surface area (Å²) in [5, 5.41) is 4.73. The van der Waals surface area contributed by atoms with Crippen molar-refractivity contribution in [3.63, 3.8) is 0 Å². The van der Waals surface area contributed by atoms with Gasteiger partial charge >= 0.3 is 0 Å². The van der Waals surface area contributed by atoms with Crippen LogP contribution in [0.15, 0.2) is 72.0 Å². The normalized spacial score (nSPS) is 12.4. The molecule has 5 aromatic rings. The van der Waals surface area contributed by atoms with Gasteiger partial charge in [0.05, 0.1) is 23.3 Å². The van der Waals surface area contributed by atoms with Gasteiger partial charge in [0.2, 0.25) is 0 Å². The van der Waals surface area contributed by atoms with Crippen molar-refractivity contribution in [3.8, 4) is 22.5 Å². The molecule has 0 bridgehead atoms. The van der Waals surface area contributed by atoms with Crippen LogP contribution < -0.4 is 0 Å². The van der Waals surface area contributed by atoms with Gasteiger partial charge in [-0.25, -0.2) is 4.98 Å². The second-order valence-corrected chi connectivity index (χ2v) is 10.0. The van der Waals surface area contributed by atoms with Crippen LogP contribution in [-0.2, 0) is 0 Å². The number of benzene rings is 3. The standard InChI is InChI=1S/C31H32N4/c1-18(2)21(6)34-28-12-10-23-13-24(9-11-27(23)20(28)5)29-15-22-7-8-25(14-26(22)16-32-29)30-17-33-31(35-30)19(3)4/h7-19H,1-6H3,(H,33,35). The average Bonchev–Trinajstić information content (AvgIpc) is 3.35. The van der Waals surface area contributed by atoms with Crippen molar-refractivity contribution in [2.45, 2.75) is 47.5 Å². The topological polar surface area (TPSA) is 53.9 Å². The number of pyridine rings is 1. The largest absolute Gasteiger partial charge is 0.342 e. The second-order valence-electron chi connectivity index (χ2n) is 10.0. The quantitative estimate of drug-likeness (QED) is 0.267. The van der Waals surface area contributed by atoms with Gasteiger partial charge in [-0.05, 0) is 65.8 Å². The van der Waals surface area contributed by atoms with E-state index in [1.54, 1.807) is 0 Å². The fraction of sp³-hybridized carbons (Fsp3) is 0.258. The van der Waals surface area contributed by atoms with Crippen molar-refractivity contribution in [1.29, 1.82) is 0 Å². The van der Waals surface area contributed by atoms with Crippen LogP contribution in [0, 0.1) is 12.8 Å². The predicted octanol–water partition coefficient (Wildman–Crippen LogP) is 8.63. The van der Waals surface area contributed by atoms with Crippen LogP contribution in [0.25, 0.3) is 44.1 Å². The second kappa shape index (κ2) is 9.10. The molecule has 5 rings (SSSR count). The van der Waals surface area contributed by atoms with Gasteiger partial charge in [-0.15, -0.1) is 0 Å². The summed E-state index contributed by atoms with van der Waals surface area (Å²) in [6, 6.07) is 19.5. The van der Waals surface area contributed by atoms with Crippen molar-refractivity contribution < 1.29 is 0 Å². The highest BCUT2D eigenvalue weighted by molar-refractivity contribution is 5.95. The van der Waals surface area contributed by atoms with Crippen LogP contribution in [0.2, 0.25) is 0 Å². The number of imidazole rings is 1. The minimum Gasteiger partial charge on any atom is -0.342 e. The van der Waals surface area contributed by atoms with Crippen molar-refractivity contribution in [2.75, 3.05) is 0 Å². The summed E-state index contributed by atoms with van der Waals surface area (Å²) in [6.45, 7) is 12.9. The van der Waals surface area contributed by atoms with Crippen molar-refractivity contribution in [1.82, 2.24) is 15.0 Å². The molecular formula is C31H32N4. The number of aromatic nitrogens is 3. The van der Waals surface area contributed by atoms with Gasteiger partial charge in [-0.2, -0.15) is 0 Å². The zero-order valence-corrected chi connectivity index (χ0v) is 21.3. The number of nitrogens with zero attached hydrogens (tertiary/aromatic N) is 3. The van der Waals surface area contributed by atoms with Crippen molar-refractivity contribution >= 4 is 32.9 Å². The van der Waals surface area contributed by atoms with Gasteiger partial charge in [0, 0.05) is 34.3 Å². The summed E-state index contributed by atoms with van der Waals surface area (Å²) < 4.78 is 0. The zero-order valence-electron chi connectivity index (χ0n) is 21.3. The summed E-state index contributed by atoms with van der Waals surface area (Å²) >= 11 is 0. The van der Waals surface area contributed by atoms with E-state index < -0.39 is 0 Å². The van der Waals surface area contributed by atoms with Gasteiger partial charge < -0.3 is 4.98 Å². The lowest BCUT2D eigenvalue weighted by molar-refractivity contribution is 0.795. The first kappa shape index (κ1) is 23.0. The molecule has 1 N–H and O–H groups in total. The summed E-state index contributed by atoms with van der Waals surface area (Å²) in [6.07, 6.45) is 3.88. The number of hydrogen-bond acceptors (Lipinski definition) is 3. The molecule has 0 radical (unpaired) electrons. The lowest BCUT2D eigenvalue weighted by Crippen LogP contribution is -2.00. The summed E-state index contributed by atoms with van der Waals surface area (Å²) in [5.74, 6) is 1.83. The summed E-state index contributed by atoms with van der Waals surface area (Å²) in [7, 11) is 0. The van der Waals surface area contributed by atoms with Gasteiger partial charge in [-0.3, -0.25) is 9.98 Å². The maximum Gasteiger partial charge on any atom is 0.109 e. The predicted molar refractivity (Wildman–Crippen MR) is 149 cm³/mol. The fourth-order valence-electron chi connectivity index (χ4n) is 4.32. The first-order valence-corrected chi connectivity index (χ1v) is 12.3. The van der Waals surface area contributed by atoms with Crippen LogP contribution in [0.1, 0.15) is 51.9 Å². The number of H-pyrrole nitrogens is 1. The lowest BCUT2D eigenvalue weighted by Gasteiger charge is -2.11. The molecule has 0 atom stereocenters. The molecule has 0 aliphatic carbocycles. The molecular weight excluding hydrogens is 428 g/mol. The molecule has 176 valence electrons. The third kappa shape index (κ3) is 4.49. The Bertz CT molecular complexity index is 1570. The summed E-state index contributed by atoms with van der Waals surface area (Å²) in [5.41, 5.74) is 7.68. The Morgan fingerprint density at radius 2 is 1.54 bits per heavy atom. The Labute approximate surface area is 207 Å². The third-order valence-electron chi connectivity index (χ3n) is 6.86. The Hall–Kier alpha value is -3.79. The van der Waals surface area contributed by atoms with Gasteiger partial charge in [0.25, 0.3) is 0 Å². The molecule has 2 heterocycles. The van der Waals surface area contributed by atoms with E-state index in [4.69, 9.17) is 9.98 Å². The molecule has 4 heteroatoms. The van der Waals surface area contributed by atoms with Crippen LogP contribution in [0.5, 0.6) is 0 Å². The molecule has 0 aliphatic rings. The van der Waals surface area contributed by atoms with E-state index >= 15 is 0 Å². The number of hydrogen-bond donors (Lipinski definition) is 1. The molecule has 0 saturated heterocycles. The average molecular weight is 461 g/mol. The van der Waals surface area contributed by atoms with Gasteiger partial charge in [-0.1, -0.05) is 58.0 Å². The Kier molecular flexibility index (Phi) is 5.98. The van der Waals surface area contributed by atoms with Crippen LogP contribution in [-0.4, -0.2) is 20.7 Å². The van der Waals surface area contributed by atoms with Crippen LogP contribution >= 0.6 is 0 Å². The Balaban J connectivity index is 1.48. The monoisotopic (exact) mass is 460 g/mol. The SMILES string of the molecule is CC(=Nc1ccc2cc(-c3cc4ccc(-c5cnc(C(C)C)[nH]5)cc4cn3)ccc2c1C)C(C)C. The molecule has 0 fully saturated rings. The number of aromatic amines is 1. The smallest absolute Gasteiger partial charge is 0.109 e. The fourth-order valence-corrected chi connectivity index (χ4v) is 4.32. The van der Waals surface area contributed by atoms with E-state index in [1.165, 1.54) is 21.7 Å². The highest BCUT2D eigenvalue weighted by atomic mass is 14.9. The molecule has 0 spiro atoms. The minimum absolute atomic E-state index is 0.377. The Morgan fingerprint density at radius 3 is 2.29 bits per heavy atom. The molecule has 0 aliphatic heterocycles. The highest BCUT2D eigenvalue weighted by Crippen LogP contribution is 2.32. The molecule has 35 heavy (non-hydrogen) atoms.